The summed E-state index contributed by atoms with van der Waals surface area (Å²) in [5.74, 6) is 1.20. The fraction of sp³-hybridized carbons (Fsp3) is 0.296. The van der Waals surface area contributed by atoms with E-state index in [1.165, 1.54) is 5.56 Å². The Morgan fingerprint density at radius 3 is 2.54 bits per heavy atom. The average Bonchev–Trinajstić information content (AvgIpc) is 2.85. The van der Waals surface area contributed by atoms with E-state index < -0.39 is 0 Å². The van der Waals surface area contributed by atoms with Crippen LogP contribution in [0.5, 0.6) is 0 Å². The van der Waals surface area contributed by atoms with Crippen LogP contribution in [0.1, 0.15) is 5.56 Å². The van der Waals surface area contributed by atoms with Crippen molar-refractivity contribution >= 4 is 28.6 Å². The van der Waals surface area contributed by atoms with Gasteiger partial charge in [-0.2, -0.15) is 4.98 Å². The van der Waals surface area contributed by atoms with E-state index in [1.54, 1.807) is 18.3 Å². The first-order chi connectivity index (χ1) is 17.1. The molecule has 0 spiro atoms. The zero-order chi connectivity index (χ0) is 23.8. The zero-order valence-electron chi connectivity index (χ0n) is 19.2. The number of nitrogens with zero attached hydrogens (tertiary/aromatic N) is 3. The van der Waals surface area contributed by atoms with Crippen LogP contribution in [0.15, 0.2) is 71.7 Å². The summed E-state index contributed by atoms with van der Waals surface area (Å²) in [6, 6.07) is 19.9. The molecule has 2 aliphatic rings. The molecule has 2 N–H and O–H groups in total. The van der Waals surface area contributed by atoms with Gasteiger partial charge in [0.05, 0.1) is 13.2 Å². The van der Waals surface area contributed by atoms with Crippen molar-refractivity contribution in [3.63, 3.8) is 0 Å². The summed E-state index contributed by atoms with van der Waals surface area (Å²) in [6.07, 6.45) is 1.75. The van der Waals surface area contributed by atoms with E-state index in [4.69, 9.17) is 16.3 Å². The van der Waals surface area contributed by atoms with Crippen molar-refractivity contribution in [2.45, 2.75) is 12.6 Å². The van der Waals surface area contributed by atoms with E-state index in [-0.39, 0.29) is 11.6 Å². The minimum atomic E-state index is -0.227. The number of likely N-dealkylation sites (tertiary alicyclic amines) is 1. The van der Waals surface area contributed by atoms with E-state index in [2.05, 4.69) is 55.5 Å². The number of ether oxygens (including phenoxy) is 1. The molecule has 8 heteroatoms. The van der Waals surface area contributed by atoms with Gasteiger partial charge in [-0.25, -0.2) is 4.98 Å². The highest BCUT2D eigenvalue weighted by atomic mass is 35.5. The minimum absolute atomic E-state index is 0.224. The lowest BCUT2D eigenvalue weighted by Gasteiger charge is -2.47. The number of fused-ring (bicyclic) bond motifs is 3. The van der Waals surface area contributed by atoms with E-state index in [0.717, 1.165) is 25.0 Å². The standard InChI is InChI=1S/C27H26ClN5O2/c28-23-9-5-4-8-21(23)22-10-18-11-29-27(32-25(18)31-26(22)34)30-24-19-13-33(14-20(24)16-35-15-19)12-17-6-2-1-3-7-17/h1-11,19-20,24H,12-16H2,(H2,29,30,31,32,34). The van der Waals surface area contributed by atoms with Crippen molar-refractivity contribution in [2.24, 2.45) is 11.8 Å². The van der Waals surface area contributed by atoms with E-state index in [1.807, 2.05) is 18.2 Å². The first-order valence-electron chi connectivity index (χ1n) is 11.9. The number of benzene rings is 2. The maximum Gasteiger partial charge on any atom is 0.257 e. The van der Waals surface area contributed by atoms with Crippen molar-refractivity contribution in [3.05, 3.63) is 87.8 Å². The molecule has 178 valence electrons. The third-order valence-electron chi connectivity index (χ3n) is 6.97. The Labute approximate surface area is 208 Å². The minimum Gasteiger partial charge on any atom is -0.381 e. The molecule has 0 amide bonds. The number of rotatable bonds is 5. The molecule has 0 aliphatic carbocycles. The van der Waals surface area contributed by atoms with Crippen molar-refractivity contribution < 1.29 is 4.74 Å². The molecule has 7 nitrogen and oxygen atoms in total. The Bertz CT molecular complexity index is 1400. The van der Waals surface area contributed by atoms with Crippen LogP contribution < -0.4 is 10.9 Å². The second-order valence-electron chi connectivity index (χ2n) is 9.40. The molecular weight excluding hydrogens is 462 g/mol. The predicted molar refractivity (Wildman–Crippen MR) is 138 cm³/mol. The fourth-order valence-electron chi connectivity index (χ4n) is 5.33. The number of pyridine rings is 1. The Morgan fingerprint density at radius 1 is 1.03 bits per heavy atom. The lowest BCUT2D eigenvalue weighted by atomic mass is 9.82. The summed E-state index contributed by atoms with van der Waals surface area (Å²) in [5, 5.41) is 4.85. The highest BCUT2D eigenvalue weighted by Crippen LogP contribution is 2.31. The molecule has 4 heterocycles. The number of H-pyrrole nitrogens is 1. The smallest absolute Gasteiger partial charge is 0.257 e. The third kappa shape index (κ3) is 4.55. The molecule has 2 unspecified atom stereocenters. The Hall–Kier alpha value is -3.26. The number of halogens is 1. The first-order valence-corrected chi connectivity index (χ1v) is 12.3. The van der Waals surface area contributed by atoms with Gasteiger partial charge >= 0.3 is 0 Å². The summed E-state index contributed by atoms with van der Waals surface area (Å²) in [7, 11) is 0. The molecule has 0 radical (unpaired) electrons. The summed E-state index contributed by atoms with van der Waals surface area (Å²) in [5.41, 5.74) is 2.80. The van der Waals surface area contributed by atoms with Gasteiger partial charge in [-0.15, -0.1) is 0 Å². The van der Waals surface area contributed by atoms with E-state index in [9.17, 15) is 4.79 Å². The van der Waals surface area contributed by atoms with Gasteiger partial charge in [0, 0.05) is 65.2 Å². The third-order valence-corrected chi connectivity index (χ3v) is 7.30. The Balaban J connectivity index is 1.22. The molecule has 2 saturated heterocycles. The van der Waals surface area contributed by atoms with E-state index in [0.29, 0.717) is 52.8 Å². The van der Waals surface area contributed by atoms with Gasteiger partial charge in [0.25, 0.3) is 5.56 Å². The quantitative estimate of drug-likeness (QED) is 0.439. The maximum absolute atomic E-state index is 12.8. The molecule has 2 atom stereocenters. The molecule has 4 aromatic rings. The SMILES string of the molecule is O=c1[nH]c2nc(NC3C4COCC3CN(Cc3ccccc3)C4)ncc2cc1-c1ccccc1Cl. The number of aromatic amines is 1. The van der Waals surface area contributed by atoms with Crippen LogP contribution in [-0.4, -0.2) is 52.2 Å². The highest BCUT2D eigenvalue weighted by Gasteiger charge is 2.40. The van der Waals surface area contributed by atoms with Gasteiger partial charge in [0.15, 0.2) is 0 Å². The number of anilines is 1. The van der Waals surface area contributed by atoms with Gasteiger partial charge in [-0.1, -0.05) is 60.1 Å². The second kappa shape index (κ2) is 9.41. The largest absolute Gasteiger partial charge is 0.381 e. The molecule has 2 fully saturated rings. The molecule has 6 rings (SSSR count). The van der Waals surface area contributed by atoms with Gasteiger partial charge < -0.3 is 15.0 Å². The number of nitrogens with one attached hydrogen (secondary N) is 2. The monoisotopic (exact) mass is 487 g/mol. The summed E-state index contributed by atoms with van der Waals surface area (Å²) in [6.45, 7) is 4.28. The van der Waals surface area contributed by atoms with Crippen LogP contribution in [0.2, 0.25) is 5.02 Å². The van der Waals surface area contributed by atoms with Crippen LogP contribution in [0.3, 0.4) is 0 Å². The lowest BCUT2D eigenvalue weighted by molar-refractivity contribution is -0.0514. The van der Waals surface area contributed by atoms with Crippen molar-refractivity contribution in [2.75, 3.05) is 31.6 Å². The molecule has 2 bridgehead atoms. The van der Waals surface area contributed by atoms with Crippen molar-refractivity contribution in [1.29, 1.82) is 0 Å². The first kappa shape index (κ1) is 22.2. The number of hydrogen-bond acceptors (Lipinski definition) is 6. The summed E-state index contributed by atoms with van der Waals surface area (Å²) < 4.78 is 5.89. The van der Waals surface area contributed by atoms with Crippen LogP contribution in [0.4, 0.5) is 5.95 Å². The van der Waals surface area contributed by atoms with Gasteiger partial charge in [-0.3, -0.25) is 9.69 Å². The van der Waals surface area contributed by atoms with Gasteiger partial charge in [0.2, 0.25) is 5.95 Å². The van der Waals surface area contributed by atoms with E-state index >= 15 is 0 Å². The topological polar surface area (TPSA) is 83.1 Å². The predicted octanol–water partition coefficient (Wildman–Crippen LogP) is 4.20. The fourth-order valence-corrected chi connectivity index (χ4v) is 5.57. The summed E-state index contributed by atoms with van der Waals surface area (Å²) in [4.78, 5) is 27.4. The van der Waals surface area contributed by atoms with Crippen LogP contribution in [0, 0.1) is 11.8 Å². The number of hydrogen-bond donors (Lipinski definition) is 2. The molecule has 0 saturated carbocycles. The second-order valence-corrected chi connectivity index (χ2v) is 9.80. The molecule has 2 aromatic carbocycles. The summed E-state index contributed by atoms with van der Waals surface area (Å²) >= 11 is 6.31. The molecular formula is C27H26ClN5O2. The molecule has 2 aromatic heterocycles. The molecule has 35 heavy (non-hydrogen) atoms. The van der Waals surface area contributed by atoms with Crippen molar-refractivity contribution in [1.82, 2.24) is 19.9 Å². The van der Waals surface area contributed by atoms with Crippen LogP contribution >= 0.6 is 11.6 Å². The maximum atomic E-state index is 12.8. The highest BCUT2D eigenvalue weighted by molar-refractivity contribution is 6.33. The van der Waals surface area contributed by atoms with Gasteiger partial charge in [0.1, 0.15) is 5.65 Å². The van der Waals surface area contributed by atoms with Crippen molar-refractivity contribution in [3.8, 4) is 11.1 Å². The number of piperidine rings is 1. The normalized spacial score (nSPS) is 22.3. The average molecular weight is 488 g/mol. The Morgan fingerprint density at radius 2 is 1.77 bits per heavy atom. The lowest BCUT2D eigenvalue weighted by Crippen LogP contribution is -2.57. The van der Waals surface area contributed by atoms with Gasteiger partial charge in [-0.05, 0) is 17.7 Å². The zero-order valence-corrected chi connectivity index (χ0v) is 19.9. The van der Waals surface area contributed by atoms with Crippen LogP contribution in [-0.2, 0) is 11.3 Å². The molecule has 2 aliphatic heterocycles. The Kier molecular flexibility index (Phi) is 5.98. The van der Waals surface area contributed by atoms with Crippen LogP contribution in [0.25, 0.3) is 22.2 Å². The number of aromatic nitrogens is 3.